The van der Waals surface area contributed by atoms with Crippen LogP contribution in [0.3, 0.4) is 0 Å². The summed E-state index contributed by atoms with van der Waals surface area (Å²) in [5, 5.41) is 4.19. The zero-order chi connectivity index (χ0) is 14.2. The van der Waals surface area contributed by atoms with Gasteiger partial charge in [0, 0.05) is 30.9 Å². The number of benzene rings is 1. The van der Waals surface area contributed by atoms with Crippen molar-refractivity contribution < 1.29 is 8.42 Å². The first-order chi connectivity index (χ1) is 9.54. The number of sulfonamides is 1. The molecule has 1 aliphatic rings. The summed E-state index contributed by atoms with van der Waals surface area (Å²) < 4.78 is 29.4. The minimum Gasteiger partial charge on any atom is -0.269 e. The summed E-state index contributed by atoms with van der Waals surface area (Å²) in [6.07, 6.45) is 3.21. The van der Waals surface area contributed by atoms with Gasteiger partial charge in [0.25, 0.3) is 0 Å². The second kappa shape index (κ2) is 5.03. The van der Waals surface area contributed by atoms with E-state index in [2.05, 4.69) is 9.82 Å². The van der Waals surface area contributed by atoms with Crippen LogP contribution >= 0.6 is 0 Å². The highest BCUT2D eigenvalue weighted by Crippen LogP contribution is 2.17. The Morgan fingerprint density at radius 1 is 1.25 bits per heavy atom. The number of nitrogens with one attached hydrogen (secondary N) is 1. The molecule has 1 N–H and O–H groups in total. The average molecular weight is 291 g/mol. The Bertz CT molecular complexity index is 704. The van der Waals surface area contributed by atoms with Crippen molar-refractivity contribution in [1.29, 1.82) is 0 Å². The maximum Gasteiger partial charge on any atom is 0.240 e. The molecule has 1 atom stereocenters. The molecule has 1 aromatic heterocycles. The Labute approximate surface area is 118 Å². The molecule has 0 bridgehead atoms. The van der Waals surface area contributed by atoms with Gasteiger partial charge >= 0.3 is 0 Å². The predicted octanol–water partition coefficient (Wildman–Crippen LogP) is 1.48. The van der Waals surface area contributed by atoms with Crippen LogP contribution in [0.5, 0.6) is 0 Å². The summed E-state index contributed by atoms with van der Waals surface area (Å²) in [4.78, 5) is 0.321. The monoisotopic (exact) mass is 291 g/mol. The quantitative estimate of drug-likeness (QED) is 0.931. The van der Waals surface area contributed by atoms with E-state index in [1.165, 1.54) is 0 Å². The standard InChI is InChI=1S/C14H17N3O2S/c1-11-2-4-14(5-3-11)20(18,19)16-12-7-9-17-13(10-12)6-8-15-17/h2-6,8,12,16H,7,9-10H2,1H3/t12-/m1/s1. The molecule has 0 fully saturated rings. The molecule has 0 amide bonds. The molecule has 1 aliphatic heterocycles. The number of aromatic nitrogens is 2. The molecule has 0 saturated carbocycles. The fourth-order valence-corrected chi connectivity index (χ4v) is 3.74. The van der Waals surface area contributed by atoms with Gasteiger partial charge in [0.15, 0.2) is 0 Å². The number of aryl methyl sites for hydroxylation is 2. The zero-order valence-corrected chi connectivity index (χ0v) is 12.1. The largest absolute Gasteiger partial charge is 0.269 e. The van der Waals surface area contributed by atoms with Crippen molar-refractivity contribution in [3.63, 3.8) is 0 Å². The van der Waals surface area contributed by atoms with Gasteiger partial charge in [-0.1, -0.05) is 17.7 Å². The third-order valence-corrected chi connectivity index (χ3v) is 5.14. The van der Waals surface area contributed by atoms with Crippen molar-refractivity contribution >= 4 is 10.0 Å². The third-order valence-electron chi connectivity index (χ3n) is 3.60. The van der Waals surface area contributed by atoms with Crippen LogP contribution < -0.4 is 4.72 Å². The van der Waals surface area contributed by atoms with Gasteiger partial charge in [-0.2, -0.15) is 5.10 Å². The Hall–Kier alpha value is -1.66. The summed E-state index contributed by atoms with van der Waals surface area (Å²) in [6, 6.07) is 8.78. The number of fused-ring (bicyclic) bond motifs is 1. The molecule has 0 spiro atoms. The SMILES string of the molecule is Cc1ccc(S(=O)(=O)N[C@@H]2CCn3nccc3C2)cc1. The zero-order valence-electron chi connectivity index (χ0n) is 11.3. The lowest BCUT2D eigenvalue weighted by Gasteiger charge is -2.24. The van der Waals surface area contributed by atoms with Crippen LogP contribution in [-0.4, -0.2) is 24.2 Å². The van der Waals surface area contributed by atoms with Gasteiger partial charge in [-0.25, -0.2) is 13.1 Å². The molecular formula is C14H17N3O2S. The topological polar surface area (TPSA) is 64.0 Å². The van der Waals surface area contributed by atoms with Crippen molar-refractivity contribution in [3.8, 4) is 0 Å². The van der Waals surface area contributed by atoms with Crippen molar-refractivity contribution in [3.05, 3.63) is 47.8 Å². The summed E-state index contributed by atoms with van der Waals surface area (Å²) in [5.74, 6) is 0. The lowest BCUT2D eigenvalue weighted by Crippen LogP contribution is -2.40. The number of rotatable bonds is 3. The first kappa shape index (κ1) is 13.3. The number of nitrogens with zero attached hydrogens (tertiary/aromatic N) is 2. The normalized spacial score (nSPS) is 18.8. The molecule has 5 nitrogen and oxygen atoms in total. The van der Waals surface area contributed by atoms with E-state index in [4.69, 9.17) is 0 Å². The van der Waals surface area contributed by atoms with Gasteiger partial charge < -0.3 is 0 Å². The van der Waals surface area contributed by atoms with Crippen LogP contribution in [0.15, 0.2) is 41.4 Å². The first-order valence-electron chi connectivity index (χ1n) is 6.64. The van der Waals surface area contributed by atoms with Crippen LogP contribution in [0.2, 0.25) is 0 Å². The van der Waals surface area contributed by atoms with E-state index in [1.54, 1.807) is 18.3 Å². The average Bonchev–Trinajstić information content (AvgIpc) is 2.86. The number of hydrogen-bond acceptors (Lipinski definition) is 3. The summed E-state index contributed by atoms with van der Waals surface area (Å²) >= 11 is 0. The van der Waals surface area contributed by atoms with E-state index in [-0.39, 0.29) is 6.04 Å². The molecule has 0 radical (unpaired) electrons. The van der Waals surface area contributed by atoms with Crippen LogP contribution in [-0.2, 0) is 23.0 Å². The Morgan fingerprint density at radius 3 is 2.75 bits per heavy atom. The fourth-order valence-electron chi connectivity index (χ4n) is 2.47. The molecule has 6 heteroatoms. The smallest absolute Gasteiger partial charge is 0.240 e. The summed E-state index contributed by atoms with van der Waals surface area (Å²) in [5.41, 5.74) is 2.12. The highest BCUT2D eigenvalue weighted by Gasteiger charge is 2.24. The molecule has 20 heavy (non-hydrogen) atoms. The highest BCUT2D eigenvalue weighted by atomic mass is 32.2. The molecule has 0 unspecified atom stereocenters. The van der Waals surface area contributed by atoms with Crippen LogP contribution in [0.4, 0.5) is 0 Å². The van der Waals surface area contributed by atoms with Crippen LogP contribution in [0, 0.1) is 6.92 Å². The summed E-state index contributed by atoms with van der Waals surface area (Å²) in [6.45, 7) is 2.69. The van der Waals surface area contributed by atoms with Gasteiger partial charge in [0.1, 0.15) is 0 Å². The molecule has 3 rings (SSSR count). The van der Waals surface area contributed by atoms with E-state index < -0.39 is 10.0 Å². The van der Waals surface area contributed by atoms with Gasteiger partial charge in [-0.3, -0.25) is 4.68 Å². The van der Waals surface area contributed by atoms with Crippen LogP contribution in [0.1, 0.15) is 17.7 Å². The van der Waals surface area contributed by atoms with Gasteiger partial charge in [0.05, 0.1) is 4.90 Å². The molecule has 2 aromatic rings. The van der Waals surface area contributed by atoms with Gasteiger partial charge in [-0.05, 0) is 31.5 Å². The van der Waals surface area contributed by atoms with Crippen molar-refractivity contribution in [2.24, 2.45) is 0 Å². The van der Waals surface area contributed by atoms with E-state index in [9.17, 15) is 8.42 Å². The molecule has 106 valence electrons. The molecule has 0 saturated heterocycles. The lowest BCUT2D eigenvalue weighted by molar-refractivity contribution is 0.414. The van der Waals surface area contributed by atoms with E-state index in [1.807, 2.05) is 29.8 Å². The Morgan fingerprint density at radius 2 is 2.00 bits per heavy atom. The third kappa shape index (κ3) is 2.62. The lowest BCUT2D eigenvalue weighted by atomic mass is 10.1. The van der Waals surface area contributed by atoms with E-state index >= 15 is 0 Å². The molecular weight excluding hydrogens is 274 g/mol. The van der Waals surface area contributed by atoms with E-state index in [0.29, 0.717) is 11.3 Å². The maximum absolute atomic E-state index is 12.3. The van der Waals surface area contributed by atoms with Crippen LogP contribution in [0.25, 0.3) is 0 Å². The summed E-state index contributed by atoms with van der Waals surface area (Å²) in [7, 11) is -3.44. The first-order valence-corrected chi connectivity index (χ1v) is 8.12. The van der Waals surface area contributed by atoms with Crippen molar-refractivity contribution in [1.82, 2.24) is 14.5 Å². The van der Waals surface area contributed by atoms with Crippen molar-refractivity contribution in [2.75, 3.05) is 0 Å². The minimum atomic E-state index is -3.44. The van der Waals surface area contributed by atoms with Gasteiger partial charge in [-0.15, -0.1) is 0 Å². The Kier molecular flexibility index (Phi) is 3.35. The molecule has 1 aromatic carbocycles. The number of hydrogen-bond donors (Lipinski definition) is 1. The minimum absolute atomic E-state index is 0.0643. The van der Waals surface area contributed by atoms with E-state index in [0.717, 1.165) is 24.2 Å². The maximum atomic E-state index is 12.3. The fraction of sp³-hybridized carbons (Fsp3) is 0.357. The van der Waals surface area contributed by atoms with Gasteiger partial charge in [0.2, 0.25) is 10.0 Å². The second-order valence-electron chi connectivity index (χ2n) is 5.17. The van der Waals surface area contributed by atoms with Crippen molar-refractivity contribution in [2.45, 2.75) is 37.2 Å². The molecule has 2 heterocycles. The second-order valence-corrected chi connectivity index (χ2v) is 6.88. The highest BCUT2D eigenvalue weighted by molar-refractivity contribution is 7.89. The Balaban J connectivity index is 1.76. The predicted molar refractivity (Wildman–Crippen MR) is 75.8 cm³/mol. The molecule has 0 aliphatic carbocycles.